The molecule has 0 bridgehead atoms. The number of hydrogen-bond donors (Lipinski definition) is 0. The van der Waals surface area contributed by atoms with Gasteiger partial charge in [0.2, 0.25) is 11.7 Å². The van der Waals surface area contributed by atoms with Crippen LogP contribution in [0.25, 0.3) is 11.4 Å². The van der Waals surface area contributed by atoms with Crippen LogP contribution in [0.5, 0.6) is 0 Å². The molecule has 0 N–H and O–H groups in total. The first-order valence-electron chi connectivity index (χ1n) is 8.67. The number of aromatic nitrogens is 2. The van der Waals surface area contributed by atoms with E-state index in [9.17, 15) is 9.18 Å². The largest absolute Gasteiger partial charge is 0.337 e. The van der Waals surface area contributed by atoms with Crippen molar-refractivity contribution < 1.29 is 13.7 Å². The van der Waals surface area contributed by atoms with Crippen molar-refractivity contribution in [2.45, 2.75) is 19.9 Å². The fourth-order valence-electron chi connectivity index (χ4n) is 3.05. The van der Waals surface area contributed by atoms with E-state index in [0.29, 0.717) is 30.4 Å². The molecule has 1 aliphatic rings. The Morgan fingerprint density at radius 1 is 1.27 bits per heavy atom. The van der Waals surface area contributed by atoms with Crippen LogP contribution in [0.15, 0.2) is 22.7 Å². The average molecular weight is 361 g/mol. The Bertz CT molecular complexity index is 784. The van der Waals surface area contributed by atoms with E-state index < -0.39 is 0 Å². The molecule has 7 nitrogen and oxygen atoms in total. The zero-order chi connectivity index (χ0) is 18.8. The number of amides is 2. The Morgan fingerprint density at radius 2 is 1.96 bits per heavy atom. The molecule has 1 unspecified atom stereocenters. The highest BCUT2D eigenvalue weighted by atomic mass is 19.1. The predicted octanol–water partition coefficient (Wildman–Crippen LogP) is 2.54. The average Bonchev–Trinajstić information content (AvgIpc) is 3.13. The highest BCUT2D eigenvalue weighted by Crippen LogP contribution is 2.24. The minimum Gasteiger partial charge on any atom is -0.337 e. The molecule has 0 saturated carbocycles. The Labute approximate surface area is 152 Å². The van der Waals surface area contributed by atoms with Crippen LogP contribution in [0.4, 0.5) is 9.18 Å². The van der Waals surface area contributed by atoms with Crippen molar-refractivity contribution in [3.8, 4) is 11.4 Å². The fraction of sp³-hybridized carbons (Fsp3) is 0.500. The van der Waals surface area contributed by atoms with Crippen LogP contribution in [0.2, 0.25) is 0 Å². The summed E-state index contributed by atoms with van der Waals surface area (Å²) >= 11 is 0. The van der Waals surface area contributed by atoms with Gasteiger partial charge in [0.1, 0.15) is 5.82 Å². The minimum atomic E-state index is -0.254. The summed E-state index contributed by atoms with van der Waals surface area (Å²) in [4.78, 5) is 22.1. The molecule has 0 radical (unpaired) electrons. The van der Waals surface area contributed by atoms with Crippen LogP contribution in [0, 0.1) is 12.7 Å². The van der Waals surface area contributed by atoms with Crippen LogP contribution in [-0.4, -0.2) is 71.1 Å². The van der Waals surface area contributed by atoms with Gasteiger partial charge in [0.15, 0.2) is 0 Å². The number of halogens is 1. The molecule has 1 aromatic heterocycles. The predicted molar refractivity (Wildman–Crippen MR) is 95.1 cm³/mol. The van der Waals surface area contributed by atoms with Crippen molar-refractivity contribution in [1.82, 2.24) is 24.8 Å². The molecule has 2 heterocycles. The first kappa shape index (κ1) is 18.3. The van der Waals surface area contributed by atoms with E-state index in [-0.39, 0.29) is 17.9 Å². The normalized spacial score (nSPS) is 16.6. The van der Waals surface area contributed by atoms with Crippen molar-refractivity contribution >= 4 is 6.03 Å². The summed E-state index contributed by atoms with van der Waals surface area (Å²) in [6, 6.07) is 4.75. The maximum atomic E-state index is 13.4. The fourth-order valence-corrected chi connectivity index (χ4v) is 3.05. The molecular weight excluding hydrogens is 337 g/mol. The molecule has 26 heavy (non-hydrogen) atoms. The van der Waals surface area contributed by atoms with E-state index in [0.717, 1.165) is 18.7 Å². The van der Waals surface area contributed by atoms with Crippen molar-refractivity contribution in [3.63, 3.8) is 0 Å². The SMILES string of the molecule is Cc1cc(-c2noc(C(C)N3CCN(C(=O)N(C)C)CC3)n2)ccc1F. The zero-order valence-electron chi connectivity index (χ0n) is 15.6. The third-order valence-corrected chi connectivity index (χ3v) is 4.73. The second-order valence-electron chi connectivity index (χ2n) is 6.80. The Balaban J connectivity index is 1.66. The molecule has 1 fully saturated rings. The minimum absolute atomic E-state index is 0.0315. The number of rotatable bonds is 3. The second-order valence-corrected chi connectivity index (χ2v) is 6.80. The van der Waals surface area contributed by atoms with Crippen LogP contribution < -0.4 is 0 Å². The Hall–Kier alpha value is -2.48. The lowest BCUT2D eigenvalue weighted by Gasteiger charge is -2.37. The molecule has 8 heteroatoms. The molecule has 1 saturated heterocycles. The molecule has 3 rings (SSSR count). The number of piperazine rings is 1. The van der Waals surface area contributed by atoms with Crippen molar-refractivity contribution in [2.75, 3.05) is 40.3 Å². The smallest absolute Gasteiger partial charge is 0.319 e. The highest BCUT2D eigenvalue weighted by Gasteiger charge is 2.28. The van der Waals surface area contributed by atoms with Gasteiger partial charge in [0.25, 0.3) is 0 Å². The Kier molecular flexibility index (Phi) is 5.22. The first-order chi connectivity index (χ1) is 12.4. The number of carbonyl (C=O) groups excluding carboxylic acids is 1. The summed E-state index contributed by atoms with van der Waals surface area (Å²) in [6.07, 6.45) is 0. The molecule has 2 aromatic rings. The highest BCUT2D eigenvalue weighted by molar-refractivity contribution is 5.73. The number of aryl methyl sites for hydroxylation is 1. The van der Waals surface area contributed by atoms with Gasteiger partial charge in [-0.3, -0.25) is 4.90 Å². The topological polar surface area (TPSA) is 65.7 Å². The zero-order valence-corrected chi connectivity index (χ0v) is 15.6. The quantitative estimate of drug-likeness (QED) is 0.841. The van der Waals surface area contributed by atoms with E-state index in [1.165, 1.54) is 6.07 Å². The van der Waals surface area contributed by atoms with Crippen molar-refractivity contribution in [2.24, 2.45) is 0 Å². The maximum absolute atomic E-state index is 13.4. The molecule has 1 aromatic carbocycles. The van der Waals surface area contributed by atoms with E-state index in [1.807, 2.05) is 11.8 Å². The third-order valence-electron chi connectivity index (χ3n) is 4.73. The van der Waals surface area contributed by atoms with Gasteiger partial charge in [-0.2, -0.15) is 4.98 Å². The number of urea groups is 1. The maximum Gasteiger partial charge on any atom is 0.319 e. The molecule has 2 amide bonds. The van der Waals surface area contributed by atoms with Gasteiger partial charge in [-0.05, 0) is 37.6 Å². The summed E-state index contributed by atoms with van der Waals surface area (Å²) in [5.74, 6) is 0.724. The standard InChI is InChI=1S/C18H24FN5O2/c1-12-11-14(5-6-15(12)19)16-20-17(26-21-16)13(2)23-7-9-24(10-8-23)18(25)22(3)4/h5-6,11,13H,7-10H2,1-4H3. The lowest BCUT2D eigenvalue weighted by atomic mass is 10.1. The lowest BCUT2D eigenvalue weighted by Crippen LogP contribution is -2.51. The molecule has 0 aliphatic carbocycles. The van der Waals surface area contributed by atoms with E-state index >= 15 is 0 Å². The van der Waals surface area contributed by atoms with Gasteiger partial charge in [0.05, 0.1) is 6.04 Å². The van der Waals surface area contributed by atoms with E-state index in [4.69, 9.17) is 4.52 Å². The van der Waals surface area contributed by atoms with Gasteiger partial charge < -0.3 is 14.3 Å². The van der Waals surface area contributed by atoms with E-state index in [2.05, 4.69) is 15.0 Å². The van der Waals surface area contributed by atoms with Gasteiger partial charge in [-0.1, -0.05) is 5.16 Å². The number of hydrogen-bond acceptors (Lipinski definition) is 5. The summed E-state index contributed by atoms with van der Waals surface area (Å²) < 4.78 is 18.9. The summed E-state index contributed by atoms with van der Waals surface area (Å²) in [6.45, 7) is 6.54. The molecule has 0 spiro atoms. The molecule has 1 atom stereocenters. The molecular formula is C18H24FN5O2. The number of benzene rings is 1. The first-order valence-corrected chi connectivity index (χ1v) is 8.67. The monoisotopic (exact) mass is 361 g/mol. The van der Waals surface area contributed by atoms with Crippen molar-refractivity contribution in [1.29, 1.82) is 0 Å². The summed E-state index contributed by atoms with van der Waals surface area (Å²) in [5.41, 5.74) is 1.27. The van der Waals surface area contributed by atoms with Crippen LogP contribution in [0.1, 0.15) is 24.4 Å². The van der Waals surface area contributed by atoms with E-state index in [1.54, 1.807) is 38.1 Å². The van der Waals surface area contributed by atoms with Crippen LogP contribution in [-0.2, 0) is 0 Å². The Morgan fingerprint density at radius 3 is 2.58 bits per heavy atom. The molecule has 140 valence electrons. The van der Waals surface area contributed by atoms with Gasteiger partial charge in [-0.15, -0.1) is 0 Å². The van der Waals surface area contributed by atoms with Gasteiger partial charge in [0, 0.05) is 45.8 Å². The number of carbonyl (C=O) groups is 1. The molecule has 1 aliphatic heterocycles. The lowest BCUT2D eigenvalue weighted by molar-refractivity contribution is 0.0912. The van der Waals surface area contributed by atoms with Crippen LogP contribution >= 0.6 is 0 Å². The summed E-state index contributed by atoms with van der Waals surface area (Å²) in [5, 5.41) is 4.03. The third kappa shape index (κ3) is 3.70. The van der Waals surface area contributed by atoms with Crippen molar-refractivity contribution in [3.05, 3.63) is 35.5 Å². The van der Waals surface area contributed by atoms with Gasteiger partial charge >= 0.3 is 6.03 Å². The number of nitrogens with zero attached hydrogens (tertiary/aromatic N) is 5. The summed E-state index contributed by atoms with van der Waals surface area (Å²) in [7, 11) is 3.52. The van der Waals surface area contributed by atoms with Crippen LogP contribution in [0.3, 0.4) is 0 Å². The second kappa shape index (κ2) is 7.41. The van der Waals surface area contributed by atoms with Gasteiger partial charge in [-0.25, -0.2) is 9.18 Å².